The Hall–Kier alpha value is -3.68. The van der Waals surface area contributed by atoms with Crippen molar-refractivity contribution in [1.29, 1.82) is 0 Å². The quantitative estimate of drug-likeness (QED) is 0.128. The molecule has 3 atom stereocenters. The zero-order valence-electron chi connectivity index (χ0n) is 28.9. The van der Waals surface area contributed by atoms with Gasteiger partial charge in [-0.3, -0.25) is 4.79 Å². The van der Waals surface area contributed by atoms with Crippen molar-refractivity contribution in [1.82, 2.24) is 14.2 Å². The number of sulfonamides is 1. The van der Waals surface area contributed by atoms with E-state index in [1.807, 2.05) is 74.5 Å². The van der Waals surface area contributed by atoms with Crippen LogP contribution in [0.2, 0.25) is 0 Å². The van der Waals surface area contributed by atoms with Crippen LogP contribution in [0, 0.1) is 11.8 Å². The minimum absolute atomic E-state index is 0.0802. The van der Waals surface area contributed by atoms with Gasteiger partial charge in [-0.2, -0.15) is 4.31 Å². The number of amides is 2. The van der Waals surface area contributed by atoms with E-state index in [-0.39, 0.29) is 29.9 Å². The Morgan fingerprint density at radius 2 is 1.62 bits per heavy atom. The number of aliphatic hydroxyl groups excluding tert-OH is 1. The first-order valence-corrected chi connectivity index (χ1v) is 19.6. The highest BCUT2D eigenvalue weighted by molar-refractivity contribution is 7.89. The van der Waals surface area contributed by atoms with Crippen molar-refractivity contribution >= 4 is 43.6 Å². The molecule has 0 aliphatic heterocycles. The van der Waals surface area contributed by atoms with E-state index in [0.29, 0.717) is 25.7 Å². The third-order valence-corrected chi connectivity index (χ3v) is 12.3. The summed E-state index contributed by atoms with van der Waals surface area (Å²) in [4.78, 5) is 33.4. The number of benzene rings is 3. The van der Waals surface area contributed by atoms with Gasteiger partial charge in [0.1, 0.15) is 0 Å². The van der Waals surface area contributed by atoms with Crippen LogP contribution in [0.1, 0.15) is 69.4 Å². The molecule has 1 aliphatic carbocycles. The molecule has 0 unspecified atom stereocenters. The number of aliphatic hydroxyl groups is 1. The lowest BCUT2D eigenvalue weighted by atomic mass is 9.84. The van der Waals surface area contributed by atoms with E-state index >= 15 is 0 Å². The molecular weight excluding hydrogens is 673 g/mol. The van der Waals surface area contributed by atoms with Gasteiger partial charge in [0.2, 0.25) is 15.9 Å². The van der Waals surface area contributed by atoms with Crippen LogP contribution in [0.25, 0.3) is 10.2 Å². The summed E-state index contributed by atoms with van der Waals surface area (Å²) in [6, 6.07) is 21.8. The first-order valence-electron chi connectivity index (χ1n) is 17.3. The average molecular weight is 721 g/mol. The molecule has 0 spiro atoms. The number of nitrogens with zero attached hydrogens (tertiary/aromatic N) is 3. The van der Waals surface area contributed by atoms with Crippen LogP contribution in [-0.2, 0) is 19.6 Å². The number of methoxy groups -OCH3 is 1. The summed E-state index contributed by atoms with van der Waals surface area (Å²) >= 11 is 1.38. The Morgan fingerprint density at radius 1 is 0.980 bits per heavy atom. The highest BCUT2D eigenvalue weighted by atomic mass is 32.2. The van der Waals surface area contributed by atoms with E-state index in [4.69, 9.17) is 10.5 Å². The van der Waals surface area contributed by atoms with Gasteiger partial charge in [0, 0.05) is 24.5 Å². The van der Waals surface area contributed by atoms with Gasteiger partial charge in [-0.15, -0.1) is 11.3 Å². The minimum atomic E-state index is -3.96. The molecule has 0 radical (unpaired) electrons. The maximum Gasteiger partial charge on any atom is 0.416 e. The second-order valence-corrected chi connectivity index (χ2v) is 16.2. The molecular formula is C38H48N4O6S2. The Morgan fingerprint density at radius 3 is 2.18 bits per heavy atom. The molecule has 50 heavy (non-hydrogen) atoms. The van der Waals surface area contributed by atoms with E-state index in [9.17, 15) is 23.1 Å². The fourth-order valence-electron chi connectivity index (χ4n) is 6.68. The second kappa shape index (κ2) is 17.0. The number of hydrogen-bond acceptors (Lipinski definition) is 9. The molecule has 268 valence electrons. The van der Waals surface area contributed by atoms with E-state index < -0.39 is 46.1 Å². The predicted molar refractivity (Wildman–Crippen MR) is 196 cm³/mol. The average Bonchev–Trinajstić information content (AvgIpc) is 3.86. The SMILES string of the molecule is COC(=O)N(C(=O)[C@@H](N)C(c1ccccc1)c1ccccc1)[C@H](CCC[C@@H](CO)N(CCC(C)C)S(=O)(=O)c1ccc2ncsc2c1)C1CC1. The summed E-state index contributed by atoms with van der Waals surface area (Å²) < 4.78 is 35.6. The summed E-state index contributed by atoms with van der Waals surface area (Å²) in [5.74, 6) is -0.698. The number of hydrogen-bond donors (Lipinski definition) is 2. The maximum absolute atomic E-state index is 14.3. The molecule has 2 amide bonds. The van der Waals surface area contributed by atoms with Crippen molar-refractivity contribution in [3.63, 3.8) is 0 Å². The van der Waals surface area contributed by atoms with Gasteiger partial charge in [-0.1, -0.05) is 74.5 Å². The summed E-state index contributed by atoms with van der Waals surface area (Å²) in [6.07, 6.45) is 2.77. The van der Waals surface area contributed by atoms with Gasteiger partial charge >= 0.3 is 6.09 Å². The lowest BCUT2D eigenvalue weighted by molar-refractivity contribution is -0.133. The van der Waals surface area contributed by atoms with Crippen LogP contribution < -0.4 is 5.73 Å². The third kappa shape index (κ3) is 8.78. The fourth-order valence-corrected chi connectivity index (χ4v) is 9.16. The smallest absolute Gasteiger partial charge is 0.416 e. The Bertz CT molecular complexity index is 1780. The third-order valence-electron chi connectivity index (χ3n) is 9.56. The molecule has 4 aromatic rings. The summed E-state index contributed by atoms with van der Waals surface area (Å²) in [5, 5.41) is 10.6. The van der Waals surface area contributed by atoms with E-state index in [1.165, 1.54) is 27.7 Å². The second-order valence-electron chi connectivity index (χ2n) is 13.5. The van der Waals surface area contributed by atoms with E-state index in [1.54, 1.807) is 23.7 Å². The van der Waals surface area contributed by atoms with Crippen molar-refractivity contribution in [2.75, 3.05) is 20.3 Å². The van der Waals surface area contributed by atoms with Crippen molar-refractivity contribution < 1.29 is 27.9 Å². The number of ether oxygens (including phenoxy) is 1. The number of thiazole rings is 1. The van der Waals surface area contributed by atoms with Gasteiger partial charge in [-0.25, -0.2) is 23.1 Å². The first-order chi connectivity index (χ1) is 24.1. The Balaban J connectivity index is 1.37. The van der Waals surface area contributed by atoms with Gasteiger partial charge in [-0.05, 0) is 79.7 Å². The van der Waals surface area contributed by atoms with Crippen molar-refractivity contribution in [3.05, 3.63) is 95.5 Å². The predicted octanol–water partition coefficient (Wildman–Crippen LogP) is 6.40. The van der Waals surface area contributed by atoms with E-state index in [0.717, 1.165) is 34.2 Å². The molecule has 1 saturated carbocycles. The molecule has 1 aromatic heterocycles. The van der Waals surface area contributed by atoms with Crippen LogP contribution in [0.3, 0.4) is 0 Å². The zero-order valence-corrected chi connectivity index (χ0v) is 30.6. The number of aromatic nitrogens is 1. The lowest BCUT2D eigenvalue weighted by Gasteiger charge is -2.34. The van der Waals surface area contributed by atoms with Crippen molar-refractivity contribution in [2.24, 2.45) is 17.6 Å². The van der Waals surface area contributed by atoms with Gasteiger partial charge in [0.05, 0.1) is 40.4 Å². The fraction of sp³-hybridized carbons (Fsp3) is 0.447. The number of carbonyl (C=O) groups excluding carboxylic acids is 2. The minimum Gasteiger partial charge on any atom is -0.452 e. The molecule has 1 fully saturated rings. The molecule has 0 saturated heterocycles. The zero-order chi connectivity index (χ0) is 35.8. The van der Waals surface area contributed by atoms with Gasteiger partial charge < -0.3 is 15.6 Å². The number of carbonyl (C=O) groups is 2. The summed E-state index contributed by atoms with van der Waals surface area (Å²) in [6.45, 7) is 3.95. The maximum atomic E-state index is 14.3. The van der Waals surface area contributed by atoms with Crippen LogP contribution in [0.4, 0.5) is 4.79 Å². The largest absolute Gasteiger partial charge is 0.452 e. The first kappa shape index (κ1) is 37.6. The highest BCUT2D eigenvalue weighted by Gasteiger charge is 2.44. The van der Waals surface area contributed by atoms with Crippen molar-refractivity contribution in [2.45, 2.75) is 81.3 Å². The number of fused-ring (bicyclic) bond motifs is 1. The molecule has 1 aliphatic rings. The summed E-state index contributed by atoms with van der Waals surface area (Å²) in [7, 11) is -2.70. The number of nitrogens with two attached hydrogens (primary N) is 1. The van der Waals surface area contributed by atoms with E-state index in [2.05, 4.69) is 4.98 Å². The Kier molecular flexibility index (Phi) is 12.8. The summed E-state index contributed by atoms with van der Waals surface area (Å²) in [5.41, 5.74) is 10.9. The van der Waals surface area contributed by atoms with Gasteiger partial charge in [0.25, 0.3) is 0 Å². The van der Waals surface area contributed by atoms with Crippen LogP contribution >= 0.6 is 11.3 Å². The van der Waals surface area contributed by atoms with Crippen LogP contribution in [0.15, 0.2) is 89.3 Å². The lowest BCUT2D eigenvalue weighted by Crippen LogP contribution is -2.54. The molecule has 10 nitrogen and oxygen atoms in total. The Labute approximate surface area is 299 Å². The highest BCUT2D eigenvalue weighted by Crippen LogP contribution is 2.39. The standard InChI is InChI=1S/C38H48N4O6S2/c1-26(2)21-22-41(50(46,47)31-19-20-32-34(23-31)49-25-40-32)30(24-43)15-10-16-33(27-17-18-27)42(38(45)48-3)37(44)36(39)35(28-11-6-4-7-12-28)29-13-8-5-9-14-29/h4-9,11-14,19-20,23,25-27,30,33,35-36,43H,10,15-18,21-22,24,39H2,1-3H3/t30-,33+,36-/m0/s1. The number of rotatable bonds is 17. The molecule has 3 N–H and O–H groups in total. The van der Waals surface area contributed by atoms with Crippen molar-refractivity contribution in [3.8, 4) is 0 Å². The monoisotopic (exact) mass is 720 g/mol. The normalized spacial score (nSPS) is 15.4. The van der Waals surface area contributed by atoms with Crippen LogP contribution in [0.5, 0.6) is 0 Å². The molecule has 1 heterocycles. The molecule has 0 bridgehead atoms. The molecule has 12 heteroatoms. The van der Waals surface area contributed by atoms with Gasteiger partial charge in [0.15, 0.2) is 0 Å². The number of imide groups is 1. The van der Waals surface area contributed by atoms with Crippen LogP contribution in [-0.4, -0.2) is 78.1 Å². The topological polar surface area (TPSA) is 143 Å². The molecule has 3 aromatic carbocycles. The molecule has 5 rings (SSSR count).